The molecule has 27 heavy (non-hydrogen) atoms. The largest absolute Gasteiger partial charge is 0.490 e. The number of pyridine rings is 1. The molecule has 148 valence electrons. The Morgan fingerprint density at radius 2 is 1.81 bits per heavy atom. The first kappa shape index (κ1) is 23.0. The van der Waals surface area contributed by atoms with Gasteiger partial charge in [0.05, 0.1) is 6.54 Å². The van der Waals surface area contributed by atoms with Crippen LogP contribution in [0.25, 0.3) is 0 Å². The lowest BCUT2D eigenvalue weighted by Crippen LogP contribution is -2.40. The van der Waals surface area contributed by atoms with Crippen molar-refractivity contribution in [3.63, 3.8) is 0 Å². The van der Waals surface area contributed by atoms with Gasteiger partial charge in [-0.1, -0.05) is 24.3 Å². The van der Waals surface area contributed by atoms with Gasteiger partial charge in [-0.3, -0.25) is 0 Å². The van der Waals surface area contributed by atoms with Crippen LogP contribution in [0.15, 0.2) is 53.7 Å². The van der Waals surface area contributed by atoms with Crippen LogP contribution in [0.1, 0.15) is 26.3 Å². The van der Waals surface area contributed by atoms with E-state index in [4.69, 9.17) is 9.47 Å². The number of rotatable bonds is 9. The second-order valence-corrected chi connectivity index (χ2v) is 6.01. The molecule has 2 N–H and O–H groups in total. The fourth-order valence-corrected chi connectivity index (χ4v) is 2.18. The van der Waals surface area contributed by atoms with Gasteiger partial charge < -0.3 is 20.1 Å². The maximum absolute atomic E-state index is 5.60. The van der Waals surface area contributed by atoms with Crippen molar-refractivity contribution in [1.82, 2.24) is 15.6 Å². The Balaban J connectivity index is 0.00000364. The number of hydrogen-bond acceptors (Lipinski definition) is 4. The molecular weight excluding hydrogens is 455 g/mol. The van der Waals surface area contributed by atoms with Crippen molar-refractivity contribution in [2.45, 2.75) is 33.4 Å². The van der Waals surface area contributed by atoms with Gasteiger partial charge in [-0.15, -0.1) is 24.0 Å². The van der Waals surface area contributed by atoms with Gasteiger partial charge in [-0.2, -0.15) is 0 Å². The van der Waals surface area contributed by atoms with E-state index < -0.39 is 0 Å². The Hall–Kier alpha value is -2.03. The summed E-state index contributed by atoms with van der Waals surface area (Å²) in [5, 5.41) is 6.51. The summed E-state index contributed by atoms with van der Waals surface area (Å²) in [6.07, 6.45) is 1.79. The molecule has 0 bridgehead atoms. The zero-order valence-corrected chi connectivity index (χ0v) is 18.5. The SMILES string of the molecule is CCNC(=NCc1ccc(OCCOc2ccccc2)nc1)NC(C)C.I. The fourth-order valence-electron chi connectivity index (χ4n) is 2.18. The molecule has 0 saturated heterocycles. The van der Waals surface area contributed by atoms with Crippen LogP contribution in [-0.2, 0) is 6.54 Å². The first-order valence-electron chi connectivity index (χ1n) is 8.97. The third-order valence-electron chi connectivity index (χ3n) is 3.33. The smallest absolute Gasteiger partial charge is 0.213 e. The van der Waals surface area contributed by atoms with Gasteiger partial charge in [-0.05, 0) is 38.5 Å². The van der Waals surface area contributed by atoms with Crippen LogP contribution in [0.5, 0.6) is 11.6 Å². The number of aliphatic imine (C=N–C) groups is 1. The van der Waals surface area contributed by atoms with Crippen LogP contribution in [0.4, 0.5) is 0 Å². The molecule has 0 aliphatic carbocycles. The standard InChI is InChI=1S/C20H28N4O2.HI/c1-4-21-20(24-16(2)3)23-15-17-10-11-19(22-14-17)26-13-12-25-18-8-6-5-7-9-18;/h5-11,14,16H,4,12-13,15H2,1-3H3,(H2,21,23,24);1H. The molecule has 6 nitrogen and oxygen atoms in total. The van der Waals surface area contributed by atoms with E-state index in [1.54, 1.807) is 6.20 Å². The number of guanidine groups is 1. The average molecular weight is 484 g/mol. The summed E-state index contributed by atoms with van der Waals surface area (Å²) in [5.74, 6) is 2.23. The molecule has 0 atom stereocenters. The summed E-state index contributed by atoms with van der Waals surface area (Å²) in [5.41, 5.74) is 1.03. The molecule has 0 saturated carbocycles. The van der Waals surface area contributed by atoms with Crippen LogP contribution >= 0.6 is 24.0 Å². The highest BCUT2D eigenvalue weighted by Gasteiger charge is 2.01. The van der Waals surface area contributed by atoms with E-state index >= 15 is 0 Å². The molecule has 1 aromatic carbocycles. The van der Waals surface area contributed by atoms with Gasteiger partial charge in [0.1, 0.15) is 19.0 Å². The predicted molar refractivity (Wildman–Crippen MR) is 120 cm³/mol. The van der Waals surface area contributed by atoms with Gasteiger partial charge in [-0.25, -0.2) is 9.98 Å². The van der Waals surface area contributed by atoms with Crippen molar-refractivity contribution in [2.24, 2.45) is 4.99 Å². The molecule has 2 rings (SSSR count). The summed E-state index contributed by atoms with van der Waals surface area (Å²) >= 11 is 0. The van der Waals surface area contributed by atoms with Crippen LogP contribution in [0, 0.1) is 0 Å². The molecule has 0 radical (unpaired) electrons. The molecule has 1 aromatic heterocycles. The Labute approximate surface area is 178 Å². The number of nitrogens with zero attached hydrogens (tertiary/aromatic N) is 2. The minimum Gasteiger partial charge on any atom is -0.490 e. The molecular formula is C20H29IN4O2. The Morgan fingerprint density at radius 1 is 1.07 bits per heavy atom. The van der Waals surface area contributed by atoms with Crippen molar-refractivity contribution in [2.75, 3.05) is 19.8 Å². The van der Waals surface area contributed by atoms with Gasteiger partial charge >= 0.3 is 0 Å². The zero-order chi connectivity index (χ0) is 18.6. The van der Waals surface area contributed by atoms with E-state index in [0.29, 0.717) is 31.7 Å². The first-order valence-corrected chi connectivity index (χ1v) is 8.97. The molecule has 0 unspecified atom stereocenters. The highest BCUT2D eigenvalue weighted by molar-refractivity contribution is 14.0. The van der Waals surface area contributed by atoms with Crippen LogP contribution in [0.3, 0.4) is 0 Å². The minimum atomic E-state index is 0. The molecule has 0 spiro atoms. The van der Waals surface area contributed by atoms with E-state index in [1.165, 1.54) is 0 Å². The van der Waals surface area contributed by atoms with Gasteiger partial charge in [0.25, 0.3) is 0 Å². The van der Waals surface area contributed by atoms with E-state index in [9.17, 15) is 0 Å². The molecule has 1 heterocycles. The average Bonchev–Trinajstić information content (AvgIpc) is 2.65. The Morgan fingerprint density at radius 3 is 2.44 bits per heavy atom. The maximum Gasteiger partial charge on any atom is 0.213 e. The molecule has 7 heteroatoms. The highest BCUT2D eigenvalue weighted by atomic mass is 127. The third kappa shape index (κ3) is 9.46. The van der Waals surface area contributed by atoms with Crippen molar-refractivity contribution >= 4 is 29.9 Å². The topological polar surface area (TPSA) is 67.8 Å². The second-order valence-electron chi connectivity index (χ2n) is 6.01. The highest BCUT2D eigenvalue weighted by Crippen LogP contribution is 2.10. The number of hydrogen-bond donors (Lipinski definition) is 2. The number of halogens is 1. The summed E-state index contributed by atoms with van der Waals surface area (Å²) in [7, 11) is 0. The molecule has 2 aromatic rings. The number of para-hydroxylation sites is 1. The number of aromatic nitrogens is 1. The monoisotopic (exact) mass is 484 g/mol. The van der Waals surface area contributed by atoms with Gasteiger partial charge in [0.15, 0.2) is 5.96 Å². The molecule has 0 fully saturated rings. The lowest BCUT2D eigenvalue weighted by atomic mass is 10.3. The minimum absolute atomic E-state index is 0. The quantitative estimate of drug-likeness (QED) is 0.246. The van der Waals surface area contributed by atoms with E-state index in [0.717, 1.165) is 23.8 Å². The third-order valence-corrected chi connectivity index (χ3v) is 3.33. The summed E-state index contributed by atoms with van der Waals surface area (Å²) in [6.45, 7) is 8.53. The van der Waals surface area contributed by atoms with Crippen LogP contribution in [-0.4, -0.2) is 36.7 Å². The van der Waals surface area contributed by atoms with Crippen molar-refractivity contribution in [3.8, 4) is 11.6 Å². The summed E-state index contributed by atoms with van der Waals surface area (Å²) < 4.78 is 11.2. The van der Waals surface area contributed by atoms with Crippen molar-refractivity contribution < 1.29 is 9.47 Å². The molecule has 0 aliphatic heterocycles. The van der Waals surface area contributed by atoms with Gasteiger partial charge in [0.2, 0.25) is 5.88 Å². The Kier molecular flexibility index (Phi) is 11.2. The summed E-state index contributed by atoms with van der Waals surface area (Å²) in [6, 6.07) is 13.8. The molecule has 0 aliphatic rings. The first-order chi connectivity index (χ1) is 12.7. The zero-order valence-electron chi connectivity index (χ0n) is 16.1. The normalized spacial score (nSPS) is 10.9. The van der Waals surface area contributed by atoms with E-state index in [1.807, 2.05) is 49.4 Å². The van der Waals surface area contributed by atoms with Crippen LogP contribution in [0.2, 0.25) is 0 Å². The lowest BCUT2D eigenvalue weighted by Gasteiger charge is -2.13. The van der Waals surface area contributed by atoms with Gasteiger partial charge in [0, 0.05) is 24.8 Å². The fraction of sp³-hybridized carbons (Fsp3) is 0.400. The summed E-state index contributed by atoms with van der Waals surface area (Å²) in [4.78, 5) is 8.88. The number of ether oxygens (including phenoxy) is 2. The lowest BCUT2D eigenvalue weighted by molar-refractivity contribution is 0.212. The van der Waals surface area contributed by atoms with E-state index in [-0.39, 0.29) is 24.0 Å². The number of benzene rings is 1. The predicted octanol–water partition coefficient (Wildman–Crippen LogP) is 3.62. The Bertz CT molecular complexity index is 663. The van der Waals surface area contributed by atoms with Crippen molar-refractivity contribution in [1.29, 1.82) is 0 Å². The van der Waals surface area contributed by atoms with Crippen LogP contribution < -0.4 is 20.1 Å². The molecule has 0 amide bonds. The number of nitrogens with one attached hydrogen (secondary N) is 2. The maximum atomic E-state index is 5.60. The second kappa shape index (κ2) is 13.2. The van der Waals surface area contributed by atoms with Crippen molar-refractivity contribution in [3.05, 3.63) is 54.2 Å². The van der Waals surface area contributed by atoms with E-state index in [2.05, 4.69) is 34.5 Å².